The van der Waals surface area contributed by atoms with Crippen molar-refractivity contribution in [2.24, 2.45) is 0 Å². The molecule has 2 aliphatic heterocycles. The van der Waals surface area contributed by atoms with E-state index in [-0.39, 0.29) is 36.9 Å². The molecule has 2 fully saturated rings. The number of halogens is 2. The van der Waals surface area contributed by atoms with Crippen LogP contribution in [0.1, 0.15) is 24.8 Å². The Balaban J connectivity index is 1.37. The number of thiocarbonyl (C=S) groups is 1. The minimum absolute atomic E-state index is 0.0840. The quantitative estimate of drug-likeness (QED) is 0.518. The molecule has 12 heteroatoms. The number of aromatic nitrogens is 1. The van der Waals surface area contributed by atoms with Gasteiger partial charge in [0.25, 0.3) is 0 Å². The monoisotopic (exact) mass is 533 g/mol. The van der Waals surface area contributed by atoms with Crippen LogP contribution >= 0.6 is 12.2 Å². The molecule has 0 radical (unpaired) electrons. The molecule has 1 aromatic heterocycles. The molecule has 0 bridgehead atoms. The number of benzene rings is 1. The van der Waals surface area contributed by atoms with Crippen molar-refractivity contribution in [2.75, 3.05) is 49.6 Å². The van der Waals surface area contributed by atoms with Crippen LogP contribution in [0.3, 0.4) is 0 Å². The van der Waals surface area contributed by atoms with Crippen LogP contribution < -0.4 is 15.2 Å². The second-order valence-corrected chi connectivity index (χ2v) is 9.25. The van der Waals surface area contributed by atoms with Gasteiger partial charge in [-0.1, -0.05) is 6.07 Å². The maximum Gasteiger partial charge on any atom is 0.414 e. The zero-order chi connectivity index (χ0) is 26.4. The molecule has 9 nitrogen and oxygen atoms in total. The van der Waals surface area contributed by atoms with Crippen LogP contribution in [0.4, 0.5) is 25.0 Å². The van der Waals surface area contributed by atoms with Gasteiger partial charge in [0, 0.05) is 57.0 Å². The molecule has 1 aromatic carbocycles. The van der Waals surface area contributed by atoms with E-state index in [4.69, 9.17) is 21.7 Å². The number of carbonyl (C=O) groups excluding carboxylic acids is 2. The lowest BCUT2D eigenvalue weighted by molar-refractivity contribution is -0.133. The number of rotatable bonds is 8. The number of carbonyl (C=O) groups is 2. The van der Waals surface area contributed by atoms with Gasteiger partial charge in [-0.2, -0.15) is 0 Å². The molecule has 37 heavy (non-hydrogen) atoms. The molecule has 2 aromatic rings. The average molecular weight is 534 g/mol. The van der Waals surface area contributed by atoms with Crippen molar-refractivity contribution in [3.05, 3.63) is 53.9 Å². The van der Waals surface area contributed by atoms with E-state index >= 15 is 8.78 Å². The van der Waals surface area contributed by atoms with Crippen LogP contribution in [-0.4, -0.2) is 73.0 Å². The Morgan fingerprint density at radius 1 is 1.24 bits per heavy atom. The van der Waals surface area contributed by atoms with Gasteiger partial charge < -0.3 is 14.4 Å². The number of ether oxygens (including phenoxy) is 2. The summed E-state index contributed by atoms with van der Waals surface area (Å²) in [6.07, 6.45) is 4.01. The number of cyclic esters (lactones) is 1. The van der Waals surface area contributed by atoms with E-state index < -0.39 is 23.8 Å². The van der Waals surface area contributed by atoms with Crippen LogP contribution in [0.2, 0.25) is 0 Å². The molecule has 2 amide bonds. The third kappa shape index (κ3) is 6.69. The van der Waals surface area contributed by atoms with Gasteiger partial charge in [0.15, 0.2) is 16.7 Å². The Kier molecular flexibility index (Phi) is 8.82. The predicted molar refractivity (Wildman–Crippen MR) is 137 cm³/mol. The van der Waals surface area contributed by atoms with Crippen molar-refractivity contribution in [1.82, 2.24) is 15.4 Å². The lowest BCUT2D eigenvalue weighted by Crippen LogP contribution is -2.43. The molecular formula is C25H29F2N5O4S. The molecule has 4 rings (SSSR count). The number of amides is 2. The summed E-state index contributed by atoms with van der Waals surface area (Å²) in [7, 11) is 1.47. The fourth-order valence-electron chi connectivity index (χ4n) is 4.37. The minimum atomic E-state index is -0.789. The summed E-state index contributed by atoms with van der Waals surface area (Å²) in [6.45, 7) is 1.30. The number of hydrogen-bond acceptors (Lipinski definition) is 8. The average Bonchev–Trinajstić information content (AvgIpc) is 3.10. The maximum absolute atomic E-state index is 15.2. The van der Waals surface area contributed by atoms with Gasteiger partial charge in [-0.15, -0.1) is 0 Å². The van der Waals surface area contributed by atoms with Gasteiger partial charge in [0.05, 0.1) is 25.9 Å². The van der Waals surface area contributed by atoms with E-state index in [1.807, 2.05) is 12.1 Å². The van der Waals surface area contributed by atoms with Crippen molar-refractivity contribution in [2.45, 2.75) is 31.8 Å². The van der Waals surface area contributed by atoms with E-state index in [1.165, 1.54) is 17.0 Å². The molecule has 0 unspecified atom stereocenters. The zero-order valence-corrected chi connectivity index (χ0v) is 21.3. The Hall–Kier alpha value is -3.38. The number of aryl methyl sites for hydroxylation is 1. The van der Waals surface area contributed by atoms with Gasteiger partial charge in [0.1, 0.15) is 11.8 Å². The maximum atomic E-state index is 15.2. The van der Waals surface area contributed by atoms with Crippen molar-refractivity contribution >= 4 is 40.6 Å². The summed E-state index contributed by atoms with van der Waals surface area (Å²) in [5.74, 6) is -1.68. The lowest BCUT2D eigenvalue weighted by Gasteiger charge is -2.25. The van der Waals surface area contributed by atoms with E-state index in [9.17, 15) is 9.59 Å². The van der Waals surface area contributed by atoms with Crippen molar-refractivity contribution in [3.8, 4) is 0 Å². The predicted octanol–water partition coefficient (Wildman–Crippen LogP) is 3.23. The third-order valence-electron chi connectivity index (χ3n) is 6.33. The number of hydrazine groups is 1. The summed E-state index contributed by atoms with van der Waals surface area (Å²) in [4.78, 5) is 31.8. The first-order valence-corrected chi connectivity index (χ1v) is 12.5. The smallest absolute Gasteiger partial charge is 0.414 e. The van der Waals surface area contributed by atoms with E-state index in [0.29, 0.717) is 43.8 Å². The standard InChI is InChI=1S/C25H29F2N5O4S/c1-35-23(37)7-5-19-16-31(25(34)36-19)18-13-20(26)24(21(27)14-18)30-10-9-29-32(12-11-30)22(33)6-4-17-3-2-8-28-15-17/h2-3,8,13-15,19,29H,4-7,9-12,16H2,1H3/t19-/m0/s1. The molecule has 2 saturated heterocycles. The summed E-state index contributed by atoms with van der Waals surface area (Å²) in [5, 5.41) is 1.90. The SMILES string of the molecule is COC(=S)CC[C@H]1CN(c2cc(F)c(N3CCNN(C(=O)CCc4cccnc4)CC3)c(F)c2)C(=O)O1. The summed E-state index contributed by atoms with van der Waals surface area (Å²) >= 11 is 5.01. The van der Waals surface area contributed by atoms with E-state index in [1.54, 1.807) is 17.3 Å². The highest BCUT2D eigenvalue weighted by molar-refractivity contribution is 7.80. The fourth-order valence-corrected chi connectivity index (χ4v) is 4.49. The Morgan fingerprint density at radius 3 is 2.73 bits per heavy atom. The van der Waals surface area contributed by atoms with Gasteiger partial charge in [-0.3, -0.25) is 19.7 Å². The number of hydrogen-bond donors (Lipinski definition) is 1. The highest BCUT2D eigenvalue weighted by Crippen LogP contribution is 2.31. The molecule has 1 atom stereocenters. The number of anilines is 2. The fraction of sp³-hybridized carbons (Fsp3) is 0.440. The van der Waals surface area contributed by atoms with Crippen LogP contribution in [0.25, 0.3) is 0 Å². The number of nitrogens with zero attached hydrogens (tertiary/aromatic N) is 4. The molecule has 0 saturated carbocycles. The molecule has 0 spiro atoms. The normalized spacial score (nSPS) is 18.0. The van der Waals surface area contributed by atoms with E-state index in [0.717, 1.165) is 17.7 Å². The summed E-state index contributed by atoms with van der Waals surface area (Å²) in [6, 6.07) is 6.00. The number of methoxy groups -OCH3 is 1. The molecule has 198 valence electrons. The Bertz CT molecular complexity index is 1120. The third-order valence-corrected chi connectivity index (χ3v) is 6.70. The number of pyridine rings is 1. The second kappa shape index (κ2) is 12.2. The molecule has 3 heterocycles. The molecule has 2 aliphatic rings. The summed E-state index contributed by atoms with van der Waals surface area (Å²) in [5.41, 5.74) is 3.90. The van der Waals surface area contributed by atoms with Crippen LogP contribution in [0.15, 0.2) is 36.7 Å². The highest BCUT2D eigenvalue weighted by Gasteiger charge is 2.34. The lowest BCUT2D eigenvalue weighted by atomic mass is 10.1. The first-order valence-electron chi connectivity index (χ1n) is 12.1. The van der Waals surface area contributed by atoms with E-state index in [2.05, 4.69) is 10.4 Å². The van der Waals surface area contributed by atoms with Gasteiger partial charge in [-0.25, -0.2) is 19.0 Å². The van der Waals surface area contributed by atoms with Crippen LogP contribution in [-0.2, 0) is 20.7 Å². The highest BCUT2D eigenvalue weighted by atomic mass is 32.1. The second-order valence-electron chi connectivity index (χ2n) is 8.79. The van der Waals surface area contributed by atoms with Gasteiger partial charge >= 0.3 is 6.09 Å². The van der Waals surface area contributed by atoms with Crippen LogP contribution in [0.5, 0.6) is 0 Å². The first kappa shape index (κ1) is 26.7. The van der Waals surface area contributed by atoms with Crippen molar-refractivity contribution in [1.29, 1.82) is 0 Å². The Morgan fingerprint density at radius 2 is 2.03 bits per heavy atom. The first-order chi connectivity index (χ1) is 17.9. The van der Waals surface area contributed by atoms with Crippen LogP contribution in [0, 0.1) is 11.6 Å². The topological polar surface area (TPSA) is 87.2 Å². The Labute approximate surface area is 219 Å². The molecule has 1 N–H and O–H groups in total. The largest absolute Gasteiger partial charge is 0.490 e. The molecular weight excluding hydrogens is 504 g/mol. The van der Waals surface area contributed by atoms with Gasteiger partial charge in [0.2, 0.25) is 5.91 Å². The minimum Gasteiger partial charge on any atom is -0.490 e. The number of nitrogens with one attached hydrogen (secondary N) is 1. The summed E-state index contributed by atoms with van der Waals surface area (Å²) < 4.78 is 40.6. The van der Waals surface area contributed by atoms with Crippen molar-refractivity contribution in [3.63, 3.8) is 0 Å². The van der Waals surface area contributed by atoms with Crippen molar-refractivity contribution < 1.29 is 27.8 Å². The molecule has 0 aliphatic carbocycles. The zero-order valence-electron chi connectivity index (χ0n) is 20.5. The van der Waals surface area contributed by atoms with Gasteiger partial charge in [-0.05, 0) is 36.7 Å².